The Morgan fingerprint density at radius 2 is 2.29 bits per heavy atom. The van der Waals surface area contributed by atoms with E-state index in [-0.39, 0.29) is 5.92 Å². The quantitative estimate of drug-likeness (QED) is 0.566. The summed E-state index contributed by atoms with van der Waals surface area (Å²) >= 11 is 3.05. The number of hydrogen-bond acceptors (Lipinski definition) is 1. The van der Waals surface area contributed by atoms with E-state index in [2.05, 4.69) is 15.9 Å². The average molecular weight is 163 g/mol. The van der Waals surface area contributed by atoms with E-state index in [9.17, 15) is 4.79 Å². The van der Waals surface area contributed by atoms with Crippen molar-refractivity contribution < 1.29 is 4.79 Å². The fourth-order valence-electron chi connectivity index (χ4n) is 0.160. The molecular weight excluding hydrogens is 156 g/mol. The molecular formula is C5H7BrO. The molecule has 0 heterocycles. The van der Waals surface area contributed by atoms with Crippen molar-refractivity contribution in [2.24, 2.45) is 5.92 Å². The lowest BCUT2D eigenvalue weighted by Crippen LogP contribution is -1.86. The van der Waals surface area contributed by atoms with E-state index in [0.29, 0.717) is 0 Å². The lowest BCUT2D eigenvalue weighted by Gasteiger charge is -1.85. The van der Waals surface area contributed by atoms with Crippen LogP contribution in [0.15, 0.2) is 11.1 Å². The zero-order valence-corrected chi connectivity index (χ0v) is 5.68. The van der Waals surface area contributed by atoms with Crippen molar-refractivity contribution in [3.63, 3.8) is 0 Å². The lowest BCUT2D eigenvalue weighted by atomic mass is 10.2. The Bertz CT molecular complexity index is 78.1. The van der Waals surface area contributed by atoms with Crippen molar-refractivity contribution in [3.8, 4) is 0 Å². The maximum Gasteiger partial charge on any atom is 0.126 e. The number of allylic oxidation sites excluding steroid dienone is 1. The normalized spacial score (nSPS) is 14.6. The Balaban J connectivity index is 3.35. The van der Waals surface area contributed by atoms with Gasteiger partial charge in [0.05, 0.1) is 0 Å². The highest BCUT2D eigenvalue weighted by Gasteiger charge is 1.86. The summed E-state index contributed by atoms with van der Waals surface area (Å²) in [6.07, 6.45) is 2.66. The molecule has 0 aromatic rings. The van der Waals surface area contributed by atoms with Gasteiger partial charge in [-0.05, 0) is 4.99 Å². The third-order valence-corrected chi connectivity index (χ3v) is 0.896. The first-order valence-electron chi connectivity index (χ1n) is 2.03. The zero-order chi connectivity index (χ0) is 5.70. The first-order chi connectivity index (χ1) is 3.31. The van der Waals surface area contributed by atoms with Gasteiger partial charge in [0.15, 0.2) is 0 Å². The number of rotatable bonds is 2. The van der Waals surface area contributed by atoms with Crippen LogP contribution in [0.2, 0.25) is 0 Å². The van der Waals surface area contributed by atoms with Crippen LogP contribution in [0.4, 0.5) is 0 Å². The summed E-state index contributed by atoms with van der Waals surface area (Å²) in [5.74, 6) is 0.0411. The molecule has 0 fully saturated rings. The van der Waals surface area contributed by atoms with Gasteiger partial charge in [-0.25, -0.2) is 0 Å². The van der Waals surface area contributed by atoms with E-state index in [1.54, 1.807) is 11.1 Å². The molecule has 0 bridgehead atoms. The van der Waals surface area contributed by atoms with E-state index >= 15 is 0 Å². The van der Waals surface area contributed by atoms with Gasteiger partial charge in [-0.1, -0.05) is 28.9 Å². The predicted molar refractivity (Wildman–Crippen MR) is 33.3 cm³/mol. The van der Waals surface area contributed by atoms with Crippen molar-refractivity contribution >= 4 is 22.2 Å². The van der Waals surface area contributed by atoms with Crippen molar-refractivity contribution in [3.05, 3.63) is 11.1 Å². The number of halogens is 1. The predicted octanol–water partition coefficient (Wildman–Crippen LogP) is 1.73. The van der Waals surface area contributed by atoms with Crippen LogP contribution in [0.25, 0.3) is 0 Å². The van der Waals surface area contributed by atoms with Crippen molar-refractivity contribution in [1.82, 2.24) is 0 Å². The Kier molecular flexibility index (Phi) is 4.00. The summed E-state index contributed by atoms with van der Waals surface area (Å²) < 4.78 is 0. The lowest BCUT2D eigenvalue weighted by molar-refractivity contribution is -0.109. The van der Waals surface area contributed by atoms with Gasteiger partial charge in [-0.2, -0.15) is 0 Å². The minimum absolute atomic E-state index is 0.0411. The van der Waals surface area contributed by atoms with Gasteiger partial charge in [-0.15, -0.1) is 0 Å². The fraction of sp³-hybridized carbons (Fsp3) is 0.400. The molecule has 40 valence electrons. The summed E-state index contributed by atoms with van der Waals surface area (Å²) in [5.41, 5.74) is 0. The maximum absolute atomic E-state index is 9.82. The smallest absolute Gasteiger partial charge is 0.126 e. The van der Waals surface area contributed by atoms with Gasteiger partial charge < -0.3 is 4.79 Å². The van der Waals surface area contributed by atoms with Gasteiger partial charge in [-0.3, -0.25) is 0 Å². The van der Waals surface area contributed by atoms with Crippen LogP contribution in [0.5, 0.6) is 0 Å². The van der Waals surface area contributed by atoms with Crippen molar-refractivity contribution in [2.75, 3.05) is 0 Å². The van der Waals surface area contributed by atoms with Crippen LogP contribution in [0.1, 0.15) is 6.92 Å². The van der Waals surface area contributed by atoms with E-state index in [1.807, 2.05) is 6.92 Å². The van der Waals surface area contributed by atoms with E-state index < -0.39 is 0 Å². The van der Waals surface area contributed by atoms with Crippen LogP contribution >= 0.6 is 15.9 Å². The molecule has 0 N–H and O–H groups in total. The molecule has 0 aliphatic rings. The number of hydrogen-bond donors (Lipinski definition) is 0. The second-order valence-corrected chi connectivity index (χ2v) is 1.84. The largest absolute Gasteiger partial charge is 0.303 e. The Morgan fingerprint density at radius 3 is 2.43 bits per heavy atom. The highest BCUT2D eigenvalue weighted by atomic mass is 79.9. The van der Waals surface area contributed by atoms with E-state index in [1.165, 1.54) is 0 Å². The maximum atomic E-state index is 9.82. The number of aldehydes is 1. The SMILES string of the molecule is CC(C=O)C=CBr. The standard InChI is InChI=1S/C5H7BrO/c1-5(4-7)2-3-6/h2-5H,1H3. The molecule has 0 aromatic carbocycles. The molecule has 0 saturated heterocycles. The van der Waals surface area contributed by atoms with Crippen LogP contribution < -0.4 is 0 Å². The summed E-state index contributed by atoms with van der Waals surface area (Å²) in [4.78, 5) is 11.5. The molecule has 0 saturated carbocycles. The van der Waals surface area contributed by atoms with Crippen LogP contribution in [0, 0.1) is 5.92 Å². The second-order valence-electron chi connectivity index (χ2n) is 1.31. The van der Waals surface area contributed by atoms with E-state index in [4.69, 9.17) is 0 Å². The summed E-state index contributed by atoms with van der Waals surface area (Å²) in [6.45, 7) is 1.82. The first-order valence-corrected chi connectivity index (χ1v) is 2.95. The molecule has 0 aliphatic carbocycles. The van der Waals surface area contributed by atoms with Crippen molar-refractivity contribution in [2.45, 2.75) is 6.92 Å². The minimum Gasteiger partial charge on any atom is -0.303 e. The fourth-order valence-corrected chi connectivity index (χ4v) is 0.642. The third-order valence-electron chi connectivity index (χ3n) is 0.591. The van der Waals surface area contributed by atoms with Crippen LogP contribution in [-0.4, -0.2) is 6.29 Å². The summed E-state index contributed by atoms with van der Waals surface area (Å²) in [6, 6.07) is 0. The third kappa shape index (κ3) is 3.73. The van der Waals surface area contributed by atoms with Gasteiger partial charge >= 0.3 is 0 Å². The van der Waals surface area contributed by atoms with Crippen LogP contribution in [-0.2, 0) is 4.79 Å². The molecule has 0 spiro atoms. The number of carbonyl (C=O) groups is 1. The summed E-state index contributed by atoms with van der Waals surface area (Å²) in [5, 5.41) is 0. The van der Waals surface area contributed by atoms with Crippen molar-refractivity contribution in [1.29, 1.82) is 0 Å². The topological polar surface area (TPSA) is 17.1 Å². The van der Waals surface area contributed by atoms with Gasteiger partial charge in [0.1, 0.15) is 6.29 Å². The molecule has 0 aliphatic heterocycles. The highest BCUT2D eigenvalue weighted by Crippen LogP contribution is 1.93. The van der Waals surface area contributed by atoms with Gasteiger partial charge in [0.25, 0.3) is 0 Å². The molecule has 1 unspecified atom stereocenters. The number of carbonyl (C=O) groups excluding carboxylic acids is 1. The zero-order valence-electron chi connectivity index (χ0n) is 4.10. The Labute approximate surface area is 51.5 Å². The molecule has 0 aromatic heterocycles. The Hall–Kier alpha value is -0.110. The highest BCUT2D eigenvalue weighted by molar-refractivity contribution is 9.11. The molecule has 0 rings (SSSR count). The minimum atomic E-state index is 0.0411. The average Bonchev–Trinajstić information content (AvgIpc) is 1.68. The Morgan fingerprint density at radius 1 is 1.71 bits per heavy atom. The van der Waals surface area contributed by atoms with Gasteiger partial charge in [0, 0.05) is 5.92 Å². The molecule has 0 amide bonds. The molecule has 1 atom stereocenters. The molecule has 7 heavy (non-hydrogen) atoms. The molecule has 0 radical (unpaired) electrons. The second kappa shape index (κ2) is 4.06. The van der Waals surface area contributed by atoms with Gasteiger partial charge in [0.2, 0.25) is 0 Å². The molecule has 2 heteroatoms. The summed E-state index contributed by atoms with van der Waals surface area (Å²) in [7, 11) is 0. The monoisotopic (exact) mass is 162 g/mol. The van der Waals surface area contributed by atoms with Crippen LogP contribution in [0.3, 0.4) is 0 Å². The van der Waals surface area contributed by atoms with E-state index in [0.717, 1.165) is 6.29 Å². The first kappa shape index (κ1) is 6.89. The molecule has 1 nitrogen and oxygen atoms in total.